The lowest BCUT2D eigenvalue weighted by atomic mass is 9.89. The maximum Gasteiger partial charge on any atom is 0.416 e. The van der Waals surface area contributed by atoms with Crippen LogP contribution in [0.5, 0.6) is 0 Å². The average Bonchev–Trinajstić information content (AvgIpc) is 3.04. The molecule has 2 aliphatic heterocycles. The molecule has 3 aromatic carbocycles. The number of anilines is 2. The molecular weight excluding hydrogens is 569 g/mol. The molecule has 10 heteroatoms. The third-order valence-electron chi connectivity index (χ3n) is 8.31. The summed E-state index contributed by atoms with van der Waals surface area (Å²) in [7, 11) is 0. The number of hydrogen-bond acceptors (Lipinski definition) is 5. The van der Waals surface area contributed by atoms with Crippen molar-refractivity contribution in [1.29, 1.82) is 0 Å². The molecule has 0 radical (unpaired) electrons. The number of morpholine rings is 1. The molecule has 2 amide bonds. The van der Waals surface area contributed by atoms with Crippen LogP contribution < -0.4 is 15.5 Å². The van der Waals surface area contributed by atoms with E-state index in [9.17, 15) is 22.8 Å². The van der Waals surface area contributed by atoms with Crippen LogP contribution in [0.3, 0.4) is 0 Å². The first kappa shape index (κ1) is 31.5. The van der Waals surface area contributed by atoms with Crippen LogP contribution in [0.1, 0.15) is 51.1 Å². The number of rotatable bonds is 10. The van der Waals surface area contributed by atoms with Gasteiger partial charge in [-0.1, -0.05) is 36.4 Å². The molecule has 2 heterocycles. The van der Waals surface area contributed by atoms with E-state index in [0.29, 0.717) is 23.7 Å². The number of ether oxygens (including phenoxy) is 1. The highest BCUT2D eigenvalue weighted by Gasteiger charge is 2.31. The molecule has 0 aromatic heterocycles. The zero-order valence-electron chi connectivity index (χ0n) is 24.7. The Bertz CT molecular complexity index is 1400. The van der Waals surface area contributed by atoms with Crippen molar-refractivity contribution in [2.24, 2.45) is 5.92 Å². The Balaban J connectivity index is 1.28. The second-order valence-corrected chi connectivity index (χ2v) is 11.4. The number of halogens is 3. The molecule has 2 aliphatic rings. The number of nitrogens with one attached hydrogen (secondary N) is 2. The fourth-order valence-corrected chi connectivity index (χ4v) is 5.86. The Morgan fingerprint density at radius 3 is 2.34 bits per heavy atom. The zero-order valence-corrected chi connectivity index (χ0v) is 24.7. The molecule has 0 unspecified atom stereocenters. The Morgan fingerprint density at radius 2 is 1.61 bits per heavy atom. The molecule has 0 atom stereocenters. The Morgan fingerprint density at radius 1 is 0.864 bits per heavy atom. The summed E-state index contributed by atoms with van der Waals surface area (Å²) in [5.74, 6) is -0.372. The van der Waals surface area contributed by atoms with Crippen molar-refractivity contribution >= 4 is 23.2 Å². The summed E-state index contributed by atoms with van der Waals surface area (Å²) >= 11 is 0. The van der Waals surface area contributed by atoms with Gasteiger partial charge in [0.05, 0.1) is 24.3 Å². The average molecular weight is 609 g/mol. The second kappa shape index (κ2) is 14.7. The number of amides is 2. The number of benzene rings is 3. The van der Waals surface area contributed by atoms with Crippen molar-refractivity contribution in [2.75, 3.05) is 62.7 Å². The van der Waals surface area contributed by atoms with Crippen molar-refractivity contribution in [1.82, 2.24) is 10.2 Å². The molecule has 0 saturated carbocycles. The van der Waals surface area contributed by atoms with Gasteiger partial charge >= 0.3 is 6.18 Å². The van der Waals surface area contributed by atoms with Crippen LogP contribution in [0.25, 0.3) is 0 Å². The first-order valence-corrected chi connectivity index (χ1v) is 15.3. The molecule has 234 valence electrons. The van der Waals surface area contributed by atoms with E-state index in [4.69, 9.17) is 4.74 Å². The third kappa shape index (κ3) is 8.60. The van der Waals surface area contributed by atoms with Gasteiger partial charge in [-0.3, -0.25) is 14.5 Å². The van der Waals surface area contributed by atoms with Gasteiger partial charge in [-0.25, -0.2) is 0 Å². The predicted octanol–water partition coefficient (Wildman–Crippen LogP) is 5.87. The fraction of sp³-hybridized carbons (Fsp3) is 0.412. The van der Waals surface area contributed by atoms with Crippen molar-refractivity contribution in [3.8, 4) is 0 Å². The summed E-state index contributed by atoms with van der Waals surface area (Å²) in [6.45, 7) is 6.15. The number of carbonyl (C=O) groups excluding carboxylic acids is 2. The Labute approximate surface area is 256 Å². The molecule has 44 heavy (non-hydrogen) atoms. The quantitative estimate of drug-likeness (QED) is 0.282. The van der Waals surface area contributed by atoms with Gasteiger partial charge < -0.3 is 20.3 Å². The van der Waals surface area contributed by atoms with Crippen molar-refractivity contribution < 1.29 is 27.5 Å². The molecule has 2 saturated heterocycles. The van der Waals surface area contributed by atoms with E-state index in [0.717, 1.165) is 89.4 Å². The largest absolute Gasteiger partial charge is 0.416 e. The summed E-state index contributed by atoms with van der Waals surface area (Å²) in [5.41, 5.74) is 1.87. The van der Waals surface area contributed by atoms with Crippen LogP contribution in [0.2, 0.25) is 0 Å². The lowest BCUT2D eigenvalue weighted by Crippen LogP contribution is -2.38. The molecular formula is C34H39F3N4O3. The molecule has 2 fully saturated rings. The van der Waals surface area contributed by atoms with Gasteiger partial charge in [0, 0.05) is 49.7 Å². The molecule has 0 spiro atoms. The highest BCUT2D eigenvalue weighted by Crippen LogP contribution is 2.32. The van der Waals surface area contributed by atoms with Crippen LogP contribution in [-0.2, 0) is 17.3 Å². The maximum atomic E-state index is 13.5. The smallest absolute Gasteiger partial charge is 0.379 e. The molecule has 0 bridgehead atoms. The van der Waals surface area contributed by atoms with E-state index in [1.165, 1.54) is 17.7 Å². The lowest BCUT2D eigenvalue weighted by Gasteiger charge is -2.35. The van der Waals surface area contributed by atoms with E-state index >= 15 is 0 Å². The predicted molar refractivity (Wildman–Crippen MR) is 165 cm³/mol. The van der Waals surface area contributed by atoms with Crippen molar-refractivity contribution in [3.63, 3.8) is 0 Å². The zero-order chi connectivity index (χ0) is 30.9. The fourth-order valence-electron chi connectivity index (χ4n) is 5.86. The van der Waals surface area contributed by atoms with E-state index in [1.807, 2.05) is 12.1 Å². The molecule has 3 aromatic rings. The molecule has 0 aliphatic carbocycles. The number of carbonyl (C=O) groups is 2. The SMILES string of the molecule is O=C(Nc1ccc(N2CCC(Cc3ccccc3)CC2)c(C(=O)NCCCN2CCOCC2)c1)c1cccc(C(F)(F)F)c1. The second-order valence-electron chi connectivity index (χ2n) is 11.4. The van der Waals surface area contributed by atoms with Gasteiger partial charge in [0.15, 0.2) is 0 Å². The third-order valence-corrected chi connectivity index (χ3v) is 8.31. The van der Waals surface area contributed by atoms with Gasteiger partial charge in [0.2, 0.25) is 0 Å². The topological polar surface area (TPSA) is 73.9 Å². The van der Waals surface area contributed by atoms with Gasteiger partial charge in [-0.15, -0.1) is 0 Å². The maximum absolute atomic E-state index is 13.5. The highest BCUT2D eigenvalue weighted by molar-refractivity contribution is 6.06. The standard InChI is InChI=1S/C34H39F3N4O3/c35-34(36,37)28-9-4-8-27(23-28)32(42)39-29-10-11-31(41-16-12-26(13-17-41)22-25-6-2-1-3-7-25)30(24-29)33(43)38-14-5-15-40-18-20-44-21-19-40/h1-4,6-11,23-24,26H,5,12-22H2,(H,38,43)(H,39,42). The first-order valence-electron chi connectivity index (χ1n) is 15.3. The summed E-state index contributed by atoms with van der Waals surface area (Å²) < 4.78 is 45.0. The van der Waals surface area contributed by atoms with E-state index < -0.39 is 17.6 Å². The number of hydrogen-bond donors (Lipinski definition) is 2. The van der Waals surface area contributed by atoms with Gasteiger partial charge in [0.25, 0.3) is 11.8 Å². The van der Waals surface area contributed by atoms with Gasteiger partial charge in [-0.05, 0) is 80.1 Å². The summed E-state index contributed by atoms with van der Waals surface area (Å²) in [6, 6.07) is 19.9. The van der Waals surface area contributed by atoms with Gasteiger partial charge in [-0.2, -0.15) is 13.2 Å². The number of nitrogens with zero attached hydrogens (tertiary/aromatic N) is 2. The van der Waals surface area contributed by atoms with Crippen molar-refractivity contribution in [2.45, 2.75) is 31.9 Å². The molecule has 7 nitrogen and oxygen atoms in total. The van der Waals surface area contributed by atoms with Crippen LogP contribution in [0.15, 0.2) is 72.8 Å². The first-order chi connectivity index (χ1) is 21.3. The minimum Gasteiger partial charge on any atom is -0.379 e. The minimum absolute atomic E-state index is 0.112. The van der Waals surface area contributed by atoms with Crippen LogP contribution in [0, 0.1) is 5.92 Å². The number of piperidine rings is 1. The Kier molecular flexibility index (Phi) is 10.6. The van der Waals surface area contributed by atoms with E-state index in [1.54, 1.807) is 12.1 Å². The van der Waals surface area contributed by atoms with Crippen LogP contribution in [0.4, 0.5) is 24.5 Å². The van der Waals surface area contributed by atoms with E-state index in [2.05, 4.69) is 44.7 Å². The molecule has 5 rings (SSSR count). The van der Waals surface area contributed by atoms with Crippen LogP contribution >= 0.6 is 0 Å². The van der Waals surface area contributed by atoms with E-state index in [-0.39, 0.29) is 11.5 Å². The van der Waals surface area contributed by atoms with Crippen molar-refractivity contribution in [3.05, 3.63) is 95.1 Å². The monoisotopic (exact) mass is 608 g/mol. The Hall–Kier alpha value is -3.89. The number of alkyl halides is 3. The minimum atomic E-state index is -4.56. The summed E-state index contributed by atoms with van der Waals surface area (Å²) in [4.78, 5) is 30.9. The normalized spacial score (nSPS) is 16.5. The lowest BCUT2D eigenvalue weighted by molar-refractivity contribution is -0.137. The van der Waals surface area contributed by atoms with Crippen LogP contribution in [-0.4, -0.2) is 69.2 Å². The summed E-state index contributed by atoms with van der Waals surface area (Å²) in [6.07, 6.45) is -0.768. The van der Waals surface area contributed by atoms with Gasteiger partial charge in [0.1, 0.15) is 0 Å². The highest BCUT2D eigenvalue weighted by atomic mass is 19.4. The molecule has 2 N–H and O–H groups in total. The summed E-state index contributed by atoms with van der Waals surface area (Å²) in [5, 5.41) is 5.72.